The lowest BCUT2D eigenvalue weighted by molar-refractivity contribution is 0.0454. The lowest BCUT2D eigenvalue weighted by Crippen LogP contribution is -2.17. The third-order valence-corrected chi connectivity index (χ3v) is 4.16. The normalized spacial score (nSPS) is 16.2. The summed E-state index contributed by atoms with van der Waals surface area (Å²) in [5, 5.41) is 0. The van der Waals surface area contributed by atoms with Gasteiger partial charge in [-0.3, -0.25) is 4.79 Å². The Hall–Kier alpha value is -2.86. The van der Waals surface area contributed by atoms with Crippen molar-refractivity contribution < 1.29 is 23.8 Å². The van der Waals surface area contributed by atoms with E-state index in [2.05, 4.69) is 0 Å². The van der Waals surface area contributed by atoms with E-state index in [-0.39, 0.29) is 12.7 Å². The van der Waals surface area contributed by atoms with E-state index in [9.17, 15) is 9.59 Å². The number of carbonyl (C=O) groups is 2. The summed E-state index contributed by atoms with van der Waals surface area (Å²) in [5.74, 6) is -0.477. The first-order valence-electron chi connectivity index (χ1n) is 8.53. The van der Waals surface area contributed by atoms with Crippen LogP contribution in [0, 0.1) is 0 Å². The van der Waals surface area contributed by atoms with Gasteiger partial charge in [-0.1, -0.05) is 24.3 Å². The van der Waals surface area contributed by atoms with Gasteiger partial charge in [0.1, 0.15) is 24.5 Å². The van der Waals surface area contributed by atoms with Gasteiger partial charge in [0.2, 0.25) is 5.91 Å². The monoisotopic (exact) mass is 355 g/mol. The minimum Gasteiger partial charge on any atom is -0.490 e. The molecule has 3 rings (SSSR count). The molecule has 2 N–H and O–H groups in total. The molecule has 1 heterocycles. The van der Waals surface area contributed by atoms with Crippen molar-refractivity contribution in [2.75, 3.05) is 13.2 Å². The fraction of sp³-hybridized carbons (Fsp3) is 0.300. The van der Waals surface area contributed by atoms with Crippen LogP contribution in [-0.4, -0.2) is 31.2 Å². The fourth-order valence-electron chi connectivity index (χ4n) is 2.71. The molecule has 2 aromatic carbocycles. The van der Waals surface area contributed by atoms with Crippen molar-refractivity contribution in [1.29, 1.82) is 0 Å². The van der Waals surface area contributed by atoms with Crippen LogP contribution in [0.25, 0.3) is 0 Å². The molecule has 6 nitrogen and oxygen atoms in total. The molecule has 0 spiro atoms. The van der Waals surface area contributed by atoms with E-state index < -0.39 is 11.9 Å². The Balaban J connectivity index is 1.59. The highest BCUT2D eigenvalue weighted by atomic mass is 16.5. The second kappa shape index (κ2) is 8.49. The zero-order chi connectivity index (χ0) is 18.4. The van der Waals surface area contributed by atoms with Crippen LogP contribution < -0.4 is 10.5 Å². The van der Waals surface area contributed by atoms with Gasteiger partial charge in [0.15, 0.2) is 0 Å². The molecule has 1 atom stereocenters. The van der Waals surface area contributed by atoms with Crippen LogP contribution in [-0.2, 0) is 16.1 Å². The number of carbonyl (C=O) groups excluding carboxylic acids is 2. The molecule has 26 heavy (non-hydrogen) atoms. The summed E-state index contributed by atoms with van der Waals surface area (Å²) < 4.78 is 16.7. The van der Waals surface area contributed by atoms with Gasteiger partial charge in [-0.15, -0.1) is 0 Å². The van der Waals surface area contributed by atoms with Gasteiger partial charge in [-0.25, -0.2) is 4.79 Å². The van der Waals surface area contributed by atoms with Gasteiger partial charge in [0.05, 0.1) is 6.10 Å². The van der Waals surface area contributed by atoms with Crippen molar-refractivity contribution in [3.8, 4) is 5.75 Å². The minimum atomic E-state index is -0.495. The number of hydrogen-bond donors (Lipinski definition) is 1. The van der Waals surface area contributed by atoms with Crippen LogP contribution in [0.4, 0.5) is 0 Å². The first-order chi connectivity index (χ1) is 12.6. The van der Waals surface area contributed by atoms with E-state index in [1.54, 1.807) is 42.5 Å². The first-order valence-corrected chi connectivity index (χ1v) is 8.53. The van der Waals surface area contributed by atoms with E-state index in [0.29, 0.717) is 23.5 Å². The zero-order valence-electron chi connectivity index (χ0n) is 14.4. The van der Waals surface area contributed by atoms with Gasteiger partial charge in [-0.05, 0) is 42.7 Å². The van der Waals surface area contributed by atoms with E-state index in [1.165, 1.54) is 0 Å². The van der Waals surface area contributed by atoms with Crippen LogP contribution in [0.2, 0.25) is 0 Å². The fourth-order valence-corrected chi connectivity index (χ4v) is 2.71. The standard InChI is InChI=1S/C20H21NO5/c21-19(22)15-9-7-14(8-10-15)12-26-20(23)17-5-1-2-6-18(17)25-13-16-4-3-11-24-16/h1-2,5-10,16H,3-4,11-13H2,(H2,21,22)/t16-/m0/s1. The molecule has 1 saturated heterocycles. The number of rotatable bonds is 7. The van der Waals surface area contributed by atoms with Crippen LogP contribution >= 0.6 is 0 Å². The number of amides is 1. The van der Waals surface area contributed by atoms with Crippen LogP contribution in [0.1, 0.15) is 39.1 Å². The van der Waals surface area contributed by atoms with Gasteiger partial charge < -0.3 is 19.9 Å². The zero-order valence-corrected chi connectivity index (χ0v) is 14.4. The predicted molar refractivity (Wildman–Crippen MR) is 95.0 cm³/mol. The topological polar surface area (TPSA) is 87.9 Å². The van der Waals surface area contributed by atoms with Crippen molar-refractivity contribution in [1.82, 2.24) is 0 Å². The average Bonchev–Trinajstić information content (AvgIpc) is 3.18. The minimum absolute atomic E-state index is 0.0721. The van der Waals surface area contributed by atoms with Crippen LogP contribution in [0.15, 0.2) is 48.5 Å². The number of para-hydroxylation sites is 1. The predicted octanol–water partition coefficient (Wildman–Crippen LogP) is 2.70. The highest BCUT2D eigenvalue weighted by Crippen LogP contribution is 2.21. The third-order valence-electron chi connectivity index (χ3n) is 4.16. The highest BCUT2D eigenvalue weighted by molar-refractivity contribution is 5.93. The summed E-state index contributed by atoms with van der Waals surface area (Å²) >= 11 is 0. The Labute approximate surface area is 151 Å². The van der Waals surface area contributed by atoms with E-state index in [0.717, 1.165) is 25.0 Å². The van der Waals surface area contributed by atoms with Crippen molar-refractivity contribution in [3.63, 3.8) is 0 Å². The first kappa shape index (κ1) is 17.9. The summed E-state index contributed by atoms with van der Waals surface area (Å²) in [6, 6.07) is 13.6. The molecule has 0 aromatic heterocycles. The Bertz CT molecular complexity index is 766. The number of primary amides is 1. The Morgan fingerprint density at radius 1 is 1.12 bits per heavy atom. The van der Waals surface area contributed by atoms with Crippen molar-refractivity contribution >= 4 is 11.9 Å². The molecule has 0 radical (unpaired) electrons. The van der Waals surface area contributed by atoms with Gasteiger partial charge in [-0.2, -0.15) is 0 Å². The molecule has 1 amide bonds. The molecule has 6 heteroatoms. The number of hydrogen-bond acceptors (Lipinski definition) is 5. The Morgan fingerprint density at radius 3 is 2.58 bits per heavy atom. The second-order valence-electron chi connectivity index (χ2n) is 6.08. The lowest BCUT2D eigenvalue weighted by atomic mass is 10.1. The second-order valence-corrected chi connectivity index (χ2v) is 6.08. The molecule has 136 valence electrons. The molecule has 1 aliphatic rings. The molecule has 0 bridgehead atoms. The molecule has 1 aliphatic heterocycles. The largest absolute Gasteiger partial charge is 0.490 e. The average molecular weight is 355 g/mol. The summed E-state index contributed by atoms with van der Waals surface area (Å²) in [6.45, 7) is 1.27. The molecular weight excluding hydrogens is 334 g/mol. The quantitative estimate of drug-likeness (QED) is 0.772. The Kier molecular flexibility index (Phi) is 5.86. The van der Waals surface area contributed by atoms with Gasteiger partial charge >= 0.3 is 5.97 Å². The molecule has 2 aromatic rings. The summed E-state index contributed by atoms with van der Waals surface area (Å²) in [7, 11) is 0. The van der Waals surface area contributed by atoms with Crippen LogP contribution in [0.5, 0.6) is 5.75 Å². The maximum Gasteiger partial charge on any atom is 0.342 e. The van der Waals surface area contributed by atoms with E-state index >= 15 is 0 Å². The summed E-state index contributed by atoms with van der Waals surface area (Å²) in [5.41, 5.74) is 6.75. The van der Waals surface area contributed by atoms with E-state index in [4.69, 9.17) is 19.9 Å². The highest BCUT2D eigenvalue weighted by Gasteiger charge is 2.19. The number of esters is 1. The maximum atomic E-state index is 12.4. The number of nitrogens with two attached hydrogens (primary N) is 1. The van der Waals surface area contributed by atoms with Crippen LogP contribution in [0.3, 0.4) is 0 Å². The van der Waals surface area contributed by atoms with Crippen molar-refractivity contribution in [3.05, 3.63) is 65.2 Å². The van der Waals surface area contributed by atoms with Crippen molar-refractivity contribution in [2.45, 2.75) is 25.6 Å². The smallest absolute Gasteiger partial charge is 0.342 e. The Morgan fingerprint density at radius 2 is 1.88 bits per heavy atom. The van der Waals surface area contributed by atoms with Gasteiger partial charge in [0, 0.05) is 12.2 Å². The van der Waals surface area contributed by atoms with Gasteiger partial charge in [0.25, 0.3) is 0 Å². The molecule has 0 aliphatic carbocycles. The molecule has 1 fully saturated rings. The SMILES string of the molecule is NC(=O)c1ccc(COC(=O)c2ccccc2OC[C@@H]2CCCO2)cc1. The number of benzene rings is 2. The summed E-state index contributed by atoms with van der Waals surface area (Å²) in [6.07, 6.45) is 2.07. The summed E-state index contributed by atoms with van der Waals surface area (Å²) in [4.78, 5) is 23.5. The van der Waals surface area contributed by atoms with E-state index in [1.807, 2.05) is 6.07 Å². The molecule has 0 saturated carbocycles. The number of ether oxygens (including phenoxy) is 3. The molecular formula is C20H21NO5. The van der Waals surface area contributed by atoms with Crippen molar-refractivity contribution in [2.24, 2.45) is 5.73 Å². The third kappa shape index (κ3) is 4.61. The molecule has 0 unspecified atom stereocenters. The lowest BCUT2D eigenvalue weighted by Gasteiger charge is -2.14. The maximum absolute atomic E-state index is 12.4.